The number of ether oxygens (including phenoxy) is 3. The summed E-state index contributed by atoms with van der Waals surface area (Å²) >= 11 is 0. The van der Waals surface area contributed by atoms with Crippen molar-refractivity contribution in [3.05, 3.63) is 25.3 Å². The summed E-state index contributed by atoms with van der Waals surface area (Å²) in [5, 5.41) is 2.40. The van der Waals surface area contributed by atoms with Gasteiger partial charge in [-0.05, 0) is 47.5 Å². The molecule has 0 aliphatic carbocycles. The number of carbonyl (C=O) groups is 3. The zero-order valence-electron chi connectivity index (χ0n) is 17.5. The van der Waals surface area contributed by atoms with Gasteiger partial charge >= 0.3 is 18.0 Å². The molecule has 0 aliphatic rings. The van der Waals surface area contributed by atoms with E-state index in [1.165, 1.54) is 0 Å². The minimum absolute atomic E-state index is 0. The van der Waals surface area contributed by atoms with Crippen LogP contribution < -0.4 is 11.1 Å². The van der Waals surface area contributed by atoms with Crippen molar-refractivity contribution in [2.75, 3.05) is 13.2 Å². The maximum absolute atomic E-state index is 11.4. The molecule has 0 heterocycles. The second kappa shape index (κ2) is 17.1. The lowest BCUT2D eigenvalue weighted by molar-refractivity contribution is -0.146. The summed E-state index contributed by atoms with van der Waals surface area (Å²) in [5.74, 6) is -0.848. The molecule has 0 radical (unpaired) electrons. The average molecular weight is 423 g/mol. The minimum atomic E-state index is -0.727. The van der Waals surface area contributed by atoms with Crippen molar-refractivity contribution in [1.29, 1.82) is 0 Å². The predicted molar refractivity (Wildman–Crippen MR) is 111 cm³/mol. The van der Waals surface area contributed by atoms with Crippen molar-refractivity contribution in [2.24, 2.45) is 5.73 Å². The Bertz CT molecular complexity index is 489. The standard InChI is InChI=1S/C12H21NO4.C7H13NO2.ClH/c1-6-7-8-16-10(14)9(2)13-11(15)17-12(3,4)5;1-3-4-5-10-7(9)6(2)8;/h6,9H,1,7-8H2,2-5H3,(H,13,15);3,6H,1,4-5,8H2,2H3;1H/t9-;6-;/m00./s1. The predicted octanol–water partition coefficient (Wildman–Crippen LogP) is 2.89. The van der Waals surface area contributed by atoms with E-state index in [-0.39, 0.29) is 25.0 Å². The molecule has 0 spiro atoms. The first-order chi connectivity index (χ1) is 12.4. The lowest BCUT2D eigenvalue weighted by Crippen LogP contribution is -2.42. The van der Waals surface area contributed by atoms with Gasteiger partial charge in [-0.3, -0.25) is 4.79 Å². The number of hydrogen-bond acceptors (Lipinski definition) is 7. The zero-order valence-corrected chi connectivity index (χ0v) is 18.3. The highest BCUT2D eigenvalue weighted by atomic mass is 35.5. The Morgan fingerprint density at radius 2 is 1.43 bits per heavy atom. The molecule has 1 amide bonds. The molecule has 0 fully saturated rings. The summed E-state index contributed by atoms with van der Waals surface area (Å²) in [4.78, 5) is 33.4. The normalized spacial score (nSPS) is 11.9. The fraction of sp³-hybridized carbons (Fsp3) is 0.632. The Labute approximate surface area is 174 Å². The van der Waals surface area contributed by atoms with Crippen LogP contribution in [-0.2, 0) is 23.8 Å². The second-order valence-corrected chi connectivity index (χ2v) is 6.65. The molecule has 0 aliphatic heterocycles. The molecular formula is C19H35ClN2O6. The lowest BCUT2D eigenvalue weighted by atomic mass is 10.2. The van der Waals surface area contributed by atoms with Gasteiger partial charge in [0, 0.05) is 0 Å². The van der Waals surface area contributed by atoms with Crippen LogP contribution in [0.3, 0.4) is 0 Å². The topological polar surface area (TPSA) is 117 Å². The van der Waals surface area contributed by atoms with Gasteiger partial charge in [-0.1, -0.05) is 12.2 Å². The number of hydrogen-bond donors (Lipinski definition) is 2. The quantitative estimate of drug-likeness (QED) is 0.254. The van der Waals surface area contributed by atoms with Gasteiger partial charge in [0.05, 0.1) is 13.2 Å². The first-order valence-corrected chi connectivity index (χ1v) is 8.74. The van der Waals surface area contributed by atoms with Crippen LogP contribution in [0.5, 0.6) is 0 Å². The van der Waals surface area contributed by atoms with Crippen LogP contribution in [0.2, 0.25) is 0 Å². The largest absolute Gasteiger partial charge is 0.464 e. The summed E-state index contributed by atoms with van der Waals surface area (Å²) in [6.07, 6.45) is 3.97. The van der Waals surface area contributed by atoms with Gasteiger partial charge in [0.15, 0.2) is 0 Å². The molecular weight excluding hydrogens is 388 g/mol. The molecule has 0 unspecified atom stereocenters. The van der Waals surface area contributed by atoms with Crippen LogP contribution >= 0.6 is 12.4 Å². The van der Waals surface area contributed by atoms with Crippen LogP contribution in [0, 0.1) is 0 Å². The van der Waals surface area contributed by atoms with Crippen molar-refractivity contribution in [2.45, 2.75) is 65.1 Å². The van der Waals surface area contributed by atoms with E-state index in [1.54, 1.807) is 46.8 Å². The minimum Gasteiger partial charge on any atom is -0.464 e. The third-order valence-corrected chi connectivity index (χ3v) is 2.59. The molecule has 0 aromatic rings. The first kappa shape index (κ1) is 30.7. The first-order valence-electron chi connectivity index (χ1n) is 8.74. The van der Waals surface area contributed by atoms with Gasteiger partial charge in [-0.15, -0.1) is 25.6 Å². The maximum atomic E-state index is 11.4. The number of esters is 2. The Morgan fingerprint density at radius 1 is 1.00 bits per heavy atom. The van der Waals surface area contributed by atoms with E-state index in [0.29, 0.717) is 19.4 Å². The fourth-order valence-corrected chi connectivity index (χ4v) is 1.29. The van der Waals surface area contributed by atoms with Crippen LogP contribution in [0.1, 0.15) is 47.5 Å². The van der Waals surface area contributed by atoms with Crippen molar-refractivity contribution < 1.29 is 28.6 Å². The number of amides is 1. The second-order valence-electron chi connectivity index (χ2n) is 6.65. The molecule has 0 aromatic carbocycles. The van der Waals surface area contributed by atoms with E-state index in [2.05, 4.69) is 18.5 Å². The van der Waals surface area contributed by atoms with Crippen molar-refractivity contribution in [1.82, 2.24) is 5.32 Å². The van der Waals surface area contributed by atoms with Crippen LogP contribution in [0.4, 0.5) is 4.79 Å². The average Bonchev–Trinajstić information content (AvgIpc) is 2.53. The molecule has 3 N–H and O–H groups in total. The summed E-state index contributed by atoms with van der Waals surface area (Å²) in [6.45, 7) is 16.0. The van der Waals surface area contributed by atoms with Gasteiger partial charge in [0.1, 0.15) is 17.7 Å². The highest BCUT2D eigenvalue weighted by Crippen LogP contribution is 2.06. The SMILES string of the molecule is C=CCCOC(=O)[C@H](C)N.C=CCCOC(=O)[C@H](C)NC(=O)OC(C)(C)C.Cl. The number of alkyl carbamates (subject to hydrolysis) is 1. The third-order valence-electron chi connectivity index (χ3n) is 2.59. The van der Waals surface area contributed by atoms with Crippen LogP contribution in [0.15, 0.2) is 25.3 Å². The molecule has 8 nitrogen and oxygen atoms in total. The lowest BCUT2D eigenvalue weighted by Gasteiger charge is -2.21. The van der Waals surface area contributed by atoms with E-state index in [0.717, 1.165) is 0 Å². The molecule has 9 heteroatoms. The molecule has 0 bridgehead atoms. The van der Waals surface area contributed by atoms with E-state index >= 15 is 0 Å². The molecule has 0 rings (SSSR count). The fourth-order valence-electron chi connectivity index (χ4n) is 1.29. The number of rotatable bonds is 9. The molecule has 0 saturated carbocycles. The smallest absolute Gasteiger partial charge is 0.408 e. The summed E-state index contributed by atoms with van der Waals surface area (Å²) in [7, 11) is 0. The van der Waals surface area contributed by atoms with E-state index in [1.807, 2.05) is 0 Å². The van der Waals surface area contributed by atoms with Crippen molar-refractivity contribution in [3.8, 4) is 0 Å². The van der Waals surface area contributed by atoms with Crippen molar-refractivity contribution >= 4 is 30.4 Å². The molecule has 164 valence electrons. The van der Waals surface area contributed by atoms with Crippen molar-refractivity contribution in [3.63, 3.8) is 0 Å². The van der Waals surface area contributed by atoms with Gasteiger partial charge in [0.2, 0.25) is 0 Å². The number of carbonyl (C=O) groups excluding carboxylic acids is 3. The number of halogens is 1. The Balaban J connectivity index is -0.000000489. The Morgan fingerprint density at radius 3 is 1.79 bits per heavy atom. The number of nitrogens with one attached hydrogen (secondary N) is 1. The highest BCUT2D eigenvalue weighted by molar-refractivity contribution is 5.85. The molecule has 28 heavy (non-hydrogen) atoms. The van der Waals surface area contributed by atoms with Crippen LogP contribution in [-0.4, -0.2) is 48.9 Å². The Hall–Kier alpha value is -2.06. The molecule has 2 atom stereocenters. The highest BCUT2D eigenvalue weighted by Gasteiger charge is 2.21. The monoisotopic (exact) mass is 422 g/mol. The van der Waals surface area contributed by atoms with Gasteiger partial charge in [-0.2, -0.15) is 0 Å². The molecule has 0 saturated heterocycles. The molecule has 0 aromatic heterocycles. The van der Waals surface area contributed by atoms with E-state index in [9.17, 15) is 14.4 Å². The van der Waals surface area contributed by atoms with E-state index in [4.69, 9.17) is 19.9 Å². The summed E-state index contributed by atoms with van der Waals surface area (Å²) < 4.78 is 14.6. The van der Waals surface area contributed by atoms with Gasteiger partial charge in [0.25, 0.3) is 0 Å². The summed E-state index contributed by atoms with van der Waals surface area (Å²) in [6, 6.07) is -1.25. The van der Waals surface area contributed by atoms with Gasteiger partial charge in [-0.25, -0.2) is 9.59 Å². The van der Waals surface area contributed by atoms with Crippen LogP contribution in [0.25, 0.3) is 0 Å². The summed E-state index contributed by atoms with van der Waals surface area (Å²) in [5.41, 5.74) is 4.63. The Kier molecular flexibility index (Phi) is 18.7. The zero-order chi connectivity index (χ0) is 21.5. The van der Waals surface area contributed by atoms with Gasteiger partial charge < -0.3 is 25.3 Å². The van der Waals surface area contributed by atoms with E-state index < -0.39 is 29.7 Å². The number of nitrogens with two attached hydrogens (primary N) is 1. The maximum Gasteiger partial charge on any atom is 0.408 e. The third kappa shape index (κ3) is 20.3.